The van der Waals surface area contributed by atoms with Crippen LogP contribution in [0.2, 0.25) is 0 Å². The van der Waals surface area contributed by atoms with Gasteiger partial charge in [-0.1, -0.05) is 0 Å². The summed E-state index contributed by atoms with van der Waals surface area (Å²) in [6.45, 7) is 5.46. The van der Waals surface area contributed by atoms with Crippen molar-refractivity contribution in [3.05, 3.63) is 48.0 Å². The molecule has 0 unspecified atom stereocenters. The highest BCUT2D eigenvalue weighted by Crippen LogP contribution is 2.31. The second-order valence-corrected chi connectivity index (χ2v) is 5.89. The molecule has 138 valence electrons. The number of nitrogens with zero attached hydrogens (tertiary/aromatic N) is 1. The van der Waals surface area contributed by atoms with Crippen LogP contribution in [-0.4, -0.2) is 45.9 Å². The van der Waals surface area contributed by atoms with Gasteiger partial charge in [0.05, 0.1) is 38.3 Å². The maximum atomic E-state index is 12.7. The Morgan fingerprint density at radius 3 is 2.46 bits per heavy atom. The molecular weight excluding hydrogens is 332 g/mol. The molecule has 0 atom stereocenters. The summed E-state index contributed by atoms with van der Waals surface area (Å²) in [6.07, 6.45) is 0. The third-order valence-electron chi connectivity index (χ3n) is 4.23. The van der Waals surface area contributed by atoms with E-state index in [-0.39, 0.29) is 5.91 Å². The van der Waals surface area contributed by atoms with E-state index in [4.69, 9.17) is 14.2 Å². The molecule has 6 nitrogen and oxygen atoms in total. The molecule has 26 heavy (non-hydrogen) atoms. The third-order valence-corrected chi connectivity index (χ3v) is 4.23. The largest absolute Gasteiger partial charge is 0.497 e. The molecule has 1 heterocycles. The Hall–Kier alpha value is -2.73. The Morgan fingerprint density at radius 2 is 1.81 bits per heavy atom. The Kier molecular flexibility index (Phi) is 5.96. The first kappa shape index (κ1) is 18.1. The summed E-state index contributed by atoms with van der Waals surface area (Å²) in [7, 11) is 1.61. The van der Waals surface area contributed by atoms with Gasteiger partial charge in [0, 0.05) is 24.7 Å². The zero-order valence-corrected chi connectivity index (χ0v) is 15.2. The van der Waals surface area contributed by atoms with Crippen LogP contribution in [0.5, 0.6) is 11.5 Å². The van der Waals surface area contributed by atoms with Crippen LogP contribution < -0.4 is 19.7 Å². The van der Waals surface area contributed by atoms with Gasteiger partial charge in [0.15, 0.2) is 0 Å². The highest BCUT2D eigenvalue weighted by molar-refractivity contribution is 6.06. The molecule has 0 spiro atoms. The van der Waals surface area contributed by atoms with E-state index in [0.29, 0.717) is 31.1 Å². The Balaban J connectivity index is 1.81. The maximum Gasteiger partial charge on any atom is 0.255 e. The van der Waals surface area contributed by atoms with Crippen LogP contribution in [0.1, 0.15) is 17.3 Å². The Morgan fingerprint density at radius 1 is 1.12 bits per heavy atom. The molecule has 2 aromatic rings. The van der Waals surface area contributed by atoms with Gasteiger partial charge in [-0.3, -0.25) is 4.79 Å². The molecule has 1 saturated heterocycles. The van der Waals surface area contributed by atoms with Gasteiger partial charge in [0.1, 0.15) is 11.5 Å². The van der Waals surface area contributed by atoms with Crippen molar-refractivity contribution in [2.24, 2.45) is 0 Å². The first-order valence-corrected chi connectivity index (χ1v) is 8.76. The number of methoxy groups -OCH3 is 1. The standard InChI is InChI=1S/C20H24N2O4/c1-3-26-16-6-4-15(5-7-16)20(23)21-18-14-17(24-2)8-9-19(18)22-10-12-25-13-11-22/h4-9,14H,3,10-13H2,1-2H3,(H,21,23). The fourth-order valence-electron chi connectivity index (χ4n) is 2.89. The van der Waals surface area contributed by atoms with E-state index in [1.165, 1.54) is 0 Å². The van der Waals surface area contributed by atoms with Crippen LogP contribution in [0, 0.1) is 0 Å². The SMILES string of the molecule is CCOc1ccc(C(=O)Nc2cc(OC)ccc2N2CCOCC2)cc1. The monoisotopic (exact) mass is 356 g/mol. The van der Waals surface area contributed by atoms with Gasteiger partial charge in [-0.2, -0.15) is 0 Å². The quantitative estimate of drug-likeness (QED) is 0.861. The number of rotatable bonds is 6. The van der Waals surface area contributed by atoms with E-state index in [1.54, 1.807) is 31.4 Å². The van der Waals surface area contributed by atoms with Gasteiger partial charge in [0.2, 0.25) is 0 Å². The molecule has 1 aliphatic rings. The van der Waals surface area contributed by atoms with Gasteiger partial charge in [0.25, 0.3) is 5.91 Å². The smallest absolute Gasteiger partial charge is 0.255 e. The van der Waals surface area contributed by atoms with Crippen LogP contribution in [-0.2, 0) is 4.74 Å². The van der Waals surface area contributed by atoms with Gasteiger partial charge >= 0.3 is 0 Å². The number of carbonyl (C=O) groups is 1. The lowest BCUT2D eigenvalue weighted by molar-refractivity contribution is 0.102. The second-order valence-electron chi connectivity index (χ2n) is 5.89. The molecule has 0 bridgehead atoms. The van der Waals surface area contributed by atoms with Crippen molar-refractivity contribution in [2.45, 2.75) is 6.92 Å². The molecule has 0 aromatic heterocycles. The van der Waals surface area contributed by atoms with Gasteiger partial charge in [-0.25, -0.2) is 0 Å². The number of benzene rings is 2. The molecule has 6 heteroatoms. The van der Waals surface area contributed by atoms with E-state index < -0.39 is 0 Å². The highest BCUT2D eigenvalue weighted by Gasteiger charge is 2.17. The van der Waals surface area contributed by atoms with Crippen molar-refractivity contribution in [3.63, 3.8) is 0 Å². The average Bonchev–Trinajstić information content (AvgIpc) is 2.69. The van der Waals surface area contributed by atoms with E-state index >= 15 is 0 Å². The molecule has 1 fully saturated rings. The van der Waals surface area contributed by atoms with E-state index in [9.17, 15) is 4.79 Å². The summed E-state index contributed by atoms with van der Waals surface area (Å²) in [6, 6.07) is 12.8. The molecular formula is C20H24N2O4. The van der Waals surface area contributed by atoms with E-state index in [1.807, 2.05) is 25.1 Å². The predicted molar refractivity (Wildman–Crippen MR) is 102 cm³/mol. The van der Waals surface area contributed by atoms with Gasteiger partial charge in [-0.05, 0) is 43.3 Å². The number of amides is 1. The number of carbonyl (C=O) groups excluding carboxylic acids is 1. The Labute approximate surface area is 153 Å². The summed E-state index contributed by atoms with van der Waals surface area (Å²) in [5.74, 6) is 1.28. The Bertz CT molecular complexity index is 740. The first-order chi connectivity index (χ1) is 12.7. The zero-order valence-electron chi connectivity index (χ0n) is 15.2. The average molecular weight is 356 g/mol. The minimum Gasteiger partial charge on any atom is -0.497 e. The highest BCUT2D eigenvalue weighted by atomic mass is 16.5. The van der Waals surface area contributed by atoms with Crippen LogP contribution in [0.4, 0.5) is 11.4 Å². The lowest BCUT2D eigenvalue weighted by Gasteiger charge is -2.30. The normalized spacial score (nSPS) is 14.0. The lowest BCUT2D eigenvalue weighted by Crippen LogP contribution is -2.36. The van der Waals surface area contributed by atoms with Crippen molar-refractivity contribution in [1.29, 1.82) is 0 Å². The second kappa shape index (κ2) is 8.58. The van der Waals surface area contributed by atoms with Crippen LogP contribution in [0.3, 0.4) is 0 Å². The summed E-state index contributed by atoms with van der Waals surface area (Å²) in [5, 5.41) is 3.01. The molecule has 0 aliphatic carbocycles. The predicted octanol–water partition coefficient (Wildman–Crippen LogP) is 3.18. The molecule has 1 N–H and O–H groups in total. The number of anilines is 2. The van der Waals surface area contributed by atoms with Crippen molar-refractivity contribution in [3.8, 4) is 11.5 Å². The lowest BCUT2D eigenvalue weighted by atomic mass is 10.1. The summed E-state index contributed by atoms with van der Waals surface area (Å²) >= 11 is 0. The number of hydrogen-bond acceptors (Lipinski definition) is 5. The van der Waals surface area contributed by atoms with Crippen LogP contribution in [0.15, 0.2) is 42.5 Å². The van der Waals surface area contributed by atoms with Gasteiger partial charge in [-0.15, -0.1) is 0 Å². The number of hydrogen-bond donors (Lipinski definition) is 1. The third kappa shape index (κ3) is 4.26. The maximum absolute atomic E-state index is 12.7. The van der Waals surface area contributed by atoms with E-state index in [0.717, 1.165) is 30.2 Å². The fourth-order valence-corrected chi connectivity index (χ4v) is 2.89. The molecule has 0 radical (unpaired) electrons. The fraction of sp³-hybridized carbons (Fsp3) is 0.350. The first-order valence-electron chi connectivity index (χ1n) is 8.76. The number of nitrogens with one attached hydrogen (secondary N) is 1. The molecule has 2 aromatic carbocycles. The number of ether oxygens (including phenoxy) is 3. The zero-order chi connectivity index (χ0) is 18.4. The van der Waals surface area contributed by atoms with Crippen LogP contribution >= 0.6 is 0 Å². The van der Waals surface area contributed by atoms with Crippen molar-refractivity contribution < 1.29 is 19.0 Å². The minimum absolute atomic E-state index is 0.171. The van der Waals surface area contributed by atoms with E-state index in [2.05, 4.69) is 10.2 Å². The molecule has 1 aliphatic heterocycles. The van der Waals surface area contributed by atoms with Gasteiger partial charge < -0.3 is 24.4 Å². The summed E-state index contributed by atoms with van der Waals surface area (Å²) < 4.78 is 16.2. The van der Waals surface area contributed by atoms with Crippen molar-refractivity contribution >= 4 is 17.3 Å². The summed E-state index contributed by atoms with van der Waals surface area (Å²) in [5.41, 5.74) is 2.27. The van der Waals surface area contributed by atoms with Crippen molar-refractivity contribution in [1.82, 2.24) is 0 Å². The topological polar surface area (TPSA) is 60.0 Å². The molecule has 0 saturated carbocycles. The van der Waals surface area contributed by atoms with Crippen molar-refractivity contribution in [2.75, 3.05) is 50.2 Å². The molecule has 3 rings (SSSR count). The minimum atomic E-state index is -0.171. The van der Waals surface area contributed by atoms with Crippen LogP contribution in [0.25, 0.3) is 0 Å². The number of morpholine rings is 1. The summed E-state index contributed by atoms with van der Waals surface area (Å²) in [4.78, 5) is 14.9. The molecule has 1 amide bonds.